The maximum atomic E-state index is 10.6. The monoisotopic (exact) mass is 699 g/mol. The highest BCUT2D eigenvalue weighted by Gasteiger charge is 2.19. The van der Waals surface area contributed by atoms with E-state index in [-0.39, 0.29) is 0 Å². The number of nitriles is 2. The van der Waals surface area contributed by atoms with Crippen LogP contribution in [0.15, 0.2) is 176 Å². The van der Waals surface area contributed by atoms with Crippen LogP contribution in [-0.2, 0) is 0 Å². The molecule has 0 saturated carbocycles. The summed E-state index contributed by atoms with van der Waals surface area (Å²) in [6.45, 7) is 0. The Labute approximate surface area is 316 Å². The van der Waals surface area contributed by atoms with E-state index in [1.807, 2.05) is 30.3 Å². The second-order valence-electron chi connectivity index (χ2n) is 14.0. The minimum Gasteiger partial charge on any atom is -0.309 e. The minimum atomic E-state index is 0.603. The van der Waals surface area contributed by atoms with Gasteiger partial charge in [-0.25, -0.2) is 0 Å². The van der Waals surface area contributed by atoms with Crippen LogP contribution in [0, 0.1) is 22.7 Å². The van der Waals surface area contributed by atoms with E-state index in [1.54, 1.807) is 0 Å². The normalized spacial score (nSPS) is 11.6. The molecule has 0 aliphatic carbocycles. The van der Waals surface area contributed by atoms with Crippen molar-refractivity contribution in [1.29, 1.82) is 10.5 Å². The lowest BCUT2D eigenvalue weighted by Crippen LogP contribution is -1.99. The highest BCUT2D eigenvalue weighted by atomic mass is 15.0. The average molecular weight is 700 g/mol. The van der Waals surface area contributed by atoms with Gasteiger partial charge in [-0.2, -0.15) is 10.5 Å². The van der Waals surface area contributed by atoms with Crippen LogP contribution in [-0.4, -0.2) is 13.7 Å². The summed E-state index contributed by atoms with van der Waals surface area (Å²) in [7, 11) is 0. The van der Waals surface area contributed by atoms with Crippen molar-refractivity contribution in [3.05, 3.63) is 187 Å². The Bertz CT molecular complexity index is 3360. The van der Waals surface area contributed by atoms with E-state index in [4.69, 9.17) is 0 Å². The molecule has 0 amide bonds. The van der Waals surface area contributed by atoms with Crippen molar-refractivity contribution in [2.45, 2.75) is 0 Å². The predicted molar refractivity (Wildman–Crippen MR) is 224 cm³/mol. The maximum absolute atomic E-state index is 10.6. The van der Waals surface area contributed by atoms with Gasteiger partial charge in [0.1, 0.15) is 6.07 Å². The van der Waals surface area contributed by atoms with Crippen molar-refractivity contribution in [3.63, 3.8) is 0 Å². The van der Waals surface area contributed by atoms with Gasteiger partial charge in [0.05, 0.1) is 56.0 Å². The molecule has 5 nitrogen and oxygen atoms in total. The van der Waals surface area contributed by atoms with Crippen LogP contribution in [0.3, 0.4) is 0 Å². The third-order valence-corrected chi connectivity index (χ3v) is 11.1. The van der Waals surface area contributed by atoms with Crippen LogP contribution in [0.2, 0.25) is 0 Å². The molecule has 0 atom stereocenters. The number of rotatable bonds is 4. The molecule has 0 aliphatic heterocycles. The van der Waals surface area contributed by atoms with Gasteiger partial charge in [-0.1, -0.05) is 97.1 Å². The number of fused-ring (bicyclic) bond motifs is 9. The first-order valence-electron chi connectivity index (χ1n) is 18.3. The Morgan fingerprint density at radius 2 is 0.855 bits per heavy atom. The molecule has 0 spiro atoms. The Morgan fingerprint density at radius 1 is 0.327 bits per heavy atom. The SMILES string of the molecule is N#Cc1ccc2c(c1)c1ccc(-n3c4ccccc4c4ccccc43)cc1n2-c1cccc(-c2ccc(-n3c4ccccc4c4ccccc43)c(C#N)c2)c1. The molecular weight excluding hydrogens is 671 g/mol. The summed E-state index contributed by atoms with van der Waals surface area (Å²) in [6, 6.07) is 66.0. The fourth-order valence-electron chi connectivity index (χ4n) is 8.70. The Balaban J connectivity index is 1.10. The van der Waals surface area contributed by atoms with Crippen molar-refractivity contribution in [2.24, 2.45) is 0 Å². The third kappa shape index (κ3) is 4.51. The summed E-state index contributed by atoms with van der Waals surface area (Å²) < 4.78 is 6.83. The second-order valence-corrected chi connectivity index (χ2v) is 14.0. The van der Waals surface area contributed by atoms with Gasteiger partial charge in [-0.3, -0.25) is 0 Å². The van der Waals surface area contributed by atoms with E-state index < -0.39 is 0 Å². The number of hydrogen-bond donors (Lipinski definition) is 0. The van der Waals surface area contributed by atoms with Crippen molar-refractivity contribution in [1.82, 2.24) is 13.7 Å². The van der Waals surface area contributed by atoms with Gasteiger partial charge in [-0.15, -0.1) is 0 Å². The van der Waals surface area contributed by atoms with Crippen LogP contribution in [0.1, 0.15) is 11.1 Å². The molecule has 0 N–H and O–H groups in total. The molecule has 8 aromatic carbocycles. The standard InChI is InChI=1S/C50H29N5/c51-30-32-20-24-49-43(26-32)42-23-22-37(53-45-16-5-1-12-38(45)39-13-2-6-17-46(39)53)29-50(42)54(49)36-11-9-10-33(28-36)34-21-25-44(35(27-34)31-52)55-47-18-7-3-14-40(47)41-15-4-8-19-48(41)55/h1-29H. The molecule has 0 radical (unpaired) electrons. The van der Waals surface area contributed by atoms with Crippen molar-refractivity contribution < 1.29 is 0 Å². The minimum absolute atomic E-state index is 0.603. The number of aromatic nitrogens is 3. The summed E-state index contributed by atoms with van der Waals surface area (Å²) in [6.07, 6.45) is 0. The summed E-state index contributed by atoms with van der Waals surface area (Å²) in [5.41, 5.74) is 12.6. The largest absolute Gasteiger partial charge is 0.309 e. The lowest BCUT2D eigenvalue weighted by Gasteiger charge is -2.14. The van der Waals surface area contributed by atoms with E-state index >= 15 is 0 Å². The molecule has 0 unspecified atom stereocenters. The van der Waals surface area contributed by atoms with E-state index in [0.29, 0.717) is 11.1 Å². The van der Waals surface area contributed by atoms with Crippen molar-refractivity contribution in [2.75, 3.05) is 0 Å². The van der Waals surface area contributed by atoms with Crippen LogP contribution < -0.4 is 0 Å². The lowest BCUT2D eigenvalue weighted by atomic mass is 10.0. The lowest BCUT2D eigenvalue weighted by molar-refractivity contribution is 1.15. The summed E-state index contributed by atoms with van der Waals surface area (Å²) in [5.74, 6) is 0. The molecular formula is C50H29N5. The molecule has 3 heterocycles. The van der Waals surface area contributed by atoms with Crippen LogP contribution in [0.4, 0.5) is 0 Å². The van der Waals surface area contributed by atoms with E-state index in [1.165, 1.54) is 10.8 Å². The number of hydrogen-bond acceptors (Lipinski definition) is 2. The average Bonchev–Trinajstić information content (AvgIpc) is 3.88. The summed E-state index contributed by atoms with van der Waals surface area (Å²) in [4.78, 5) is 0. The summed E-state index contributed by atoms with van der Waals surface area (Å²) >= 11 is 0. The third-order valence-electron chi connectivity index (χ3n) is 11.1. The van der Waals surface area contributed by atoms with Gasteiger partial charge < -0.3 is 13.7 Å². The Hall–Kier alpha value is -7.86. The first kappa shape index (κ1) is 30.7. The number of benzene rings is 8. The Kier molecular flexibility index (Phi) is 6.61. The molecule has 11 rings (SSSR count). The summed E-state index contributed by atoms with van der Waals surface area (Å²) in [5, 5.41) is 27.3. The second kappa shape index (κ2) is 11.8. The smallest absolute Gasteiger partial charge is 0.101 e. The topological polar surface area (TPSA) is 62.4 Å². The fourth-order valence-corrected chi connectivity index (χ4v) is 8.70. The molecule has 5 heteroatoms. The molecule has 0 aliphatic rings. The van der Waals surface area contributed by atoms with Gasteiger partial charge in [0.25, 0.3) is 0 Å². The molecule has 0 fully saturated rings. The van der Waals surface area contributed by atoms with Crippen molar-refractivity contribution in [3.8, 4) is 40.3 Å². The number of nitrogens with zero attached hydrogens (tertiary/aromatic N) is 5. The number of para-hydroxylation sites is 4. The molecule has 3 aromatic heterocycles. The zero-order valence-corrected chi connectivity index (χ0v) is 29.5. The molecule has 0 bridgehead atoms. The van der Waals surface area contributed by atoms with Crippen LogP contribution in [0.5, 0.6) is 0 Å². The van der Waals surface area contributed by atoms with Gasteiger partial charge in [0.15, 0.2) is 0 Å². The molecule has 0 saturated heterocycles. The highest BCUT2D eigenvalue weighted by molar-refractivity contribution is 6.12. The molecule has 55 heavy (non-hydrogen) atoms. The van der Waals surface area contributed by atoms with E-state index in [2.05, 4.69) is 171 Å². The van der Waals surface area contributed by atoms with E-state index in [9.17, 15) is 10.5 Å². The first-order valence-corrected chi connectivity index (χ1v) is 18.3. The predicted octanol–water partition coefficient (Wildman–Crippen LogP) is 12.4. The van der Waals surface area contributed by atoms with Crippen molar-refractivity contribution >= 4 is 65.4 Å². The zero-order chi connectivity index (χ0) is 36.6. The Morgan fingerprint density at radius 3 is 1.47 bits per heavy atom. The molecule has 11 aromatic rings. The van der Waals surface area contributed by atoms with Crippen LogP contribution in [0.25, 0.3) is 93.6 Å². The van der Waals surface area contributed by atoms with Gasteiger partial charge >= 0.3 is 0 Å². The van der Waals surface area contributed by atoms with E-state index in [0.717, 1.165) is 82.8 Å². The first-order chi connectivity index (χ1) is 27.2. The van der Waals surface area contributed by atoms with Crippen LogP contribution >= 0.6 is 0 Å². The highest BCUT2D eigenvalue weighted by Crippen LogP contribution is 2.39. The van der Waals surface area contributed by atoms with Gasteiger partial charge in [0.2, 0.25) is 0 Å². The zero-order valence-electron chi connectivity index (χ0n) is 29.5. The van der Waals surface area contributed by atoms with Gasteiger partial charge in [0, 0.05) is 43.7 Å². The quantitative estimate of drug-likeness (QED) is 0.184. The van der Waals surface area contributed by atoms with Gasteiger partial charge in [-0.05, 0) is 90.0 Å². The fraction of sp³-hybridized carbons (Fsp3) is 0. The molecule has 254 valence electrons. The maximum Gasteiger partial charge on any atom is 0.101 e.